The van der Waals surface area contributed by atoms with Crippen molar-refractivity contribution in [2.75, 3.05) is 19.8 Å². The third kappa shape index (κ3) is 16.3. The summed E-state index contributed by atoms with van der Waals surface area (Å²) in [5, 5.41) is 2.01. The minimum atomic E-state index is -3.41. The first-order valence-corrected chi connectivity index (χ1v) is 12.5. The van der Waals surface area contributed by atoms with Crippen LogP contribution in [0.25, 0.3) is 0 Å². The first kappa shape index (κ1) is 36.8. The zero-order valence-corrected chi connectivity index (χ0v) is 23.0. The van der Waals surface area contributed by atoms with Gasteiger partial charge in [0.15, 0.2) is 5.78 Å². The number of ketones is 1. The van der Waals surface area contributed by atoms with Crippen LogP contribution in [0.5, 0.6) is 0 Å². The molecule has 238 valence electrons. The number of hydrogen-bond acceptors (Lipinski definition) is 9. The molecule has 0 radical (unpaired) electrons. The number of rotatable bonds is 19. The van der Waals surface area contributed by atoms with Crippen LogP contribution < -0.4 is 5.32 Å². The normalized spacial score (nSPS) is 14.0. The van der Waals surface area contributed by atoms with E-state index in [1.54, 1.807) is 30.3 Å². The van der Waals surface area contributed by atoms with Crippen LogP contribution in [0, 0.1) is 11.8 Å². The average Bonchev–Trinajstić information content (AvgIpc) is 2.88. The van der Waals surface area contributed by atoms with Gasteiger partial charge >= 0.3 is 31.8 Å². The Balaban J connectivity index is 3.08. The number of Topliss-reactive ketones (excluding diaryl/α,β-unsaturated/α-hetero) is 1. The maximum absolute atomic E-state index is 13.0. The van der Waals surface area contributed by atoms with E-state index in [0.717, 1.165) is 0 Å². The molecule has 0 spiro atoms. The van der Waals surface area contributed by atoms with Crippen molar-refractivity contribution in [3.63, 3.8) is 0 Å². The Morgan fingerprint density at radius 3 is 1.81 bits per heavy atom. The third-order valence-electron chi connectivity index (χ3n) is 5.15. The third-order valence-corrected chi connectivity index (χ3v) is 5.15. The first-order chi connectivity index (χ1) is 19.6. The van der Waals surface area contributed by atoms with Gasteiger partial charge in [0, 0.05) is 6.42 Å². The molecule has 1 aromatic carbocycles. The van der Waals surface area contributed by atoms with Crippen LogP contribution in [0.15, 0.2) is 30.3 Å². The molecule has 0 aromatic heterocycles. The molecule has 0 aliphatic rings. The van der Waals surface area contributed by atoms with Crippen LogP contribution in [0.1, 0.15) is 39.2 Å². The van der Waals surface area contributed by atoms with Gasteiger partial charge in [-0.1, -0.05) is 30.3 Å². The Hall–Kier alpha value is -3.24. The van der Waals surface area contributed by atoms with Gasteiger partial charge in [-0.25, -0.2) is 0 Å². The van der Waals surface area contributed by atoms with Gasteiger partial charge in [0.05, 0.1) is 38.1 Å². The van der Waals surface area contributed by atoms with E-state index in [0.29, 0.717) is 5.56 Å². The van der Waals surface area contributed by atoms with Crippen LogP contribution in [0.4, 0.5) is 26.3 Å². The van der Waals surface area contributed by atoms with Crippen molar-refractivity contribution in [2.24, 2.45) is 11.8 Å². The Bertz CT molecular complexity index is 992. The molecule has 0 fully saturated rings. The molecular weight excluding hydrogens is 584 g/mol. The SMILES string of the molecule is CC(C)(C)OC(=O)C[C@@H](COC(F)F)C(=O)N[C@@H](COC(F)F)C(=O)C[C@@H](COC(F)F)C(=O)OCc1ccccc1. The van der Waals surface area contributed by atoms with Gasteiger partial charge in [-0.15, -0.1) is 0 Å². The van der Waals surface area contributed by atoms with E-state index >= 15 is 0 Å². The van der Waals surface area contributed by atoms with E-state index in [9.17, 15) is 45.5 Å². The highest BCUT2D eigenvalue weighted by atomic mass is 19.3. The van der Waals surface area contributed by atoms with E-state index in [1.807, 2.05) is 5.32 Å². The van der Waals surface area contributed by atoms with Gasteiger partial charge in [-0.3, -0.25) is 19.2 Å². The zero-order valence-electron chi connectivity index (χ0n) is 23.0. The highest BCUT2D eigenvalue weighted by Gasteiger charge is 2.33. The number of alkyl halides is 6. The van der Waals surface area contributed by atoms with Crippen molar-refractivity contribution in [2.45, 2.75) is 71.7 Å². The molecule has 16 heteroatoms. The van der Waals surface area contributed by atoms with E-state index in [1.165, 1.54) is 20.8 Å². The molecule has 10 nitrogen and oxygen atoms in total. The summed E-state index contributed by atoms with van der Waals surface area (Å²) < 4.78 is 98.7. The molecule has 1 aromatic rings. The minimum absolute atomic E-state index is 0.288. The van der Waals surface area contributed by atoms with E-state index in [-0.39, 0.29) is 6.61 Å². The molecule has 0 aliphatic carbocycles. The van der Waals surface area contributed by atoms with Gasteiger partial charge in [0.1, 0.15) is 18.2 Å². The lowest BCUT2D eigenvalue weighted by atomic mass is 9.98. The number of amides is 1. The molecule has 1 amide bonds. The highest BCUT2D eigenvalue weighted by Crippen LogP contribution is 2.17. The van der Waals surface area contributed by atoms with Gasteiger partial charge in [0.2, 0.25) is 5.91 Å². The Morgan fingerprint density at radius 1 is 0.762 bits per heavy atom. The number of carbonyl (C=O) groups excluding carboxylic acids is 4. The van der Waals surface area contributed by atoms with Crippen LogP contribution in [-0.4, -0.2) is 74.9 Å². The molecule has 0 saturated carbocycles. The van der Waals surface area contributed by atoms with Crippen molar-refractivity contribution in [3.8, 4) is 0 Å². The fourth-order valence-electron chi connectivity index (χ4n) is 3.31. The lowest BCUT2D eigenvalue weighted by molar-refractivity contribution is -0.168. The first-order valence-electron chi connectivity index (χ1n) is 12.5. The largest absolute Gasteiger partial charge is 0.461 e. The van der Waals surface area contributed by atoms with Crippen molar-refractivity contribution >= 4 is 23.6 Å². The maximum Gasteiger partial charge on any atom is 0.345 e. The highest BCUT2D eigenvalue weighted by molar-refractivity contribution is 5.93. The van der Waals surface area contributed by atoms with Crippen molar-refractivity contribution in [3.05, 3.63) is 35.9 Å². The summed E-state index contributed by atoms with van der Waals surface area (Å²) >= 11 is 0. The average molecular weight is 618 g/mol. The number of benzene rings is 1. The lowest BCUT2D eigenvalue weighted by Crippen LogP contribution is -2.49. The maximum atomic E-state index is 13.0. The monoisotopic (exact) mass is 617 g/mol. The van der Waals surface area contributed by atoms with Gasteiger partial charge < -0.3 is 29.0 Å². The fourth-order valence-corrected chi connectivity index (χ4v) is 3.31. The molecule has 3 atom stereocenters. The van der Waals surface area contributed by atoms with Gasteiger partial charge in [-0.2, -0.15) is 26.3 Å². The minimum Gasteiger partial charge on any atom is -0.461 e. The molecule has 1 rings (SSSR count). The summed E-state index contributed by atoms with van der Waals surface area (Å²) in [7, 11) is 0. The number of hydrogen-bond donors (Lipinski definition) is 1. The number of halogens is 6. The van der Waals surface area contributed by atoms with E-state index in [4.69, 9.17) is 9.47 Å². The molecule has 0 saturated heterocycles. The second-order valence-corrected chi connectivity index (χ2v) is 9.79. The second kappa shape index (κ2) is 18.3. The fraction of sp³-hybridized carbons (Fsp3) is 0.615. The van der Waals surface area contributed by atoms with Crippen LogP contribution in [-0.2, 0) is 49.5 Å². The lowest BCUT2D eigenvalue weighted by Gasteiger charge is -2.24. The van der Waals surface area contributed by atoms with Crippen molar-refractivity contribution in [1.29, 1.82) is 0 Å². The number of nitrogens with one attached hydrogen (secondary N) is 1. The summed E-state index contributed by atoms with van der Waals surface area (Å²) in [6.45, 7) is -9.02. The van der Waals surface area contributed by atoms with Crippen molar-refractivity contribution in [1.82, 2.24) is 5.32 Å². The zero-order chi connectivity index (χ0) is 31.9. The van der Waals surface area contributed by atoms with Crippen molar-refractivity contribution < 1.29 is 69.2 Å². The van der Waals surface area contributed by atoms with Gasteiger partial charge in [-0.05, 0) is 26.3 Å². The molecule has 0 heterocycles. The predicted molar refractivity (Wildman–Crippen MR) is 131 cm³/mol. The summed E-state index contributed by atoms with van der Waals surface area (Å²) in [6.07, 6.45) is -1.72. The Kier molecular flexibility index (Phi) is 16.1. The summed E-state index contributed by atoms with van der Waals surface area (Å²) in [6, 6.07) is 6.25. The van der Waals surface area contributed by atoms with E-state index in [2.05, 4.69) is 14.2 Å². The topological polar surface area (TPSA) is 126 Å². The van der Waals surface area contributed by atoms with Crippen LogP contribution in [0.3, 0.4) is 0 Å². The Labute approximate surface area is 237 Å². The smallest absolute Gasteiger partial charge is 0.345 e. The van der Waals surface area contributed by atoms with Gasteiger partial charge in [0.25, 0.3) is 0 Å². The molecule has 0 bridgehead atoms. The second-order valence-electron chi connectivity index (χ2n) is 9.79. The molecule has 0 aliphatic heterocycles. The number of esters is 2. The summed E-state index contributed by atoms with van der Waals surface area (Å²) in [5.41, 5.74) is -0.473. The standard InChI is InChI=1S/C26H33F6NO9/c1-26(2,3)42-20(35)10-16(12-39-23(27)28)21(36)33-18(14-41-25(31)32)19(34)9-17(13-40-24(29)30)22(37)38-11-15-7-5-4-6-8-15/h4-8,16-18,23-25H,9-14H2,1-3H3,(H,33,36)/t16-,17-,18-/m0/s1. The Morgan fingerprint density at radius 2 is 1.29 bits per heavy atom. The number of carbonyl (C=O) groups is 4. The molecule has 1 N–H and O–H groups in total. The molecular formula is C26H33F6NO9. The summed E-state index contributed by atoms with van der Waals surface area (Å²) in [4.78, 5) is 50.6. The van der Waals surface area contributed by atoms with Crippen LogP contribution in [0.2, 0.25) is 0 Å². The molecule has 42 heavy (non-hydrogen) atoms. The van der Waals surface area contributed by atoms with E-state index < -0.39 is 99.6 Å². The predicted octanol–water partition coefficient (Wildman–Crippen LogP) is 3.86. The number of ether oxygens (including phenoxy) is 5. The summed E-state index contributed by atoms with van der Waals surface area (Å²) in [5.74, 6) is -7.83. The quantitative estimate of drug-likeness (QED) is 0.182. The van der Waals surface area contributed by atoms with Crippen LogP contribution >= 0.6 is 0 Å². The molecule has 0 unspecified atom stereocenters.